The summed E-state index contributed by atoms with van der Waals surface area (Å²) in [6.45, 7) is 5.34. The molecule has 1 N–H and O–H groups in total. The number of carbonyl (C=O) groups excluding carboxylic acids is 2. The van der Waals surface area contributed by atoms with E-state index in [1.807, 2.05) is 0 Å². The molecule has 5 heteroatoms. The second-order valence-corrected chi connectivity index (χ2v) is 6.62. The van der Waals surface area contributed by atoms with Crippen molar-refractivity contribution in [3.05, 3.63) is 35.6 Å². The molecule has 1 saturated heterocycles. The van der Waals surface area contributed by atoms with Crippen LogP contribution in [0.15, 0.2) is 24.3 Å². The Morgan fingerprint density at radius 3 is 2.70 bits per heavy atom. The number of amides is 2. The molecule has 1 unspecified atom stereocenters. The molecule has 126 valence electrons. The highest BCUT2D eigenvalue weighted by Crippen LogP contribution is 2.13. The van der Waals surface area contributed by atoms with Crippen LogP contribution < -0.4 is 5.32 Å². The molecular weight excluding hydrogens is 295 g/mol. The van der Waals surface area contributed by atoms with Gasteiger partial charge in [0, 0.05) is 25.9 Å². The first-order valence-corrected chi connectivity index (χ1v) is 8.25. The van der Waals surface area contributed by atoms with Crippen LogP contribution in [0.2, 0.25) is 0 Å². The quantitative estimate of drug-likeness (QED) is 0.839. The van der Waals surface area contributed by atoms with E-state index >= 15 is 0 Å². The van der Waals surface area contributed by atoms with Gasteiger partial charge in [0.2, 0.25) is 11.8 Å². The smallest absolute Gasteiger partial charge is 0.224 e. The minimum Gasteiger partial charge on any atom is -0.351 e. The molecule has 0 aromatic heterocycles. The van der Waals surface area contributed by atoms with Crippen LogP contribution in [0, 0.1) is 11.7 Å². The average molecular weight is 320 g/mol. The zero-order valence-corrected chi connectivity index (χ0v) is 13.8. The van der Waals surface area contributed by atoms with Gasteiger partial charge in [-0.25, -0.2) is 4.39 Å². The fraction of sp³-hybridized carbons (Fsp3) is 0.556. The molecule has 2 rings (SSSR count). The Hall–Kier alpha value is -1.91. The molecule has 1 aromatic carbocycles. The van der Waals surface area contributed by atoms with Crippen molar-refractivity contribution >= 4 is 11.8 Å². The third-order valence-corrected chi connectivity index (χ3v) is 4.11. The maximum absolute atomic E-state index is 12.9. The Kier molecular flexibility index (Phi) is 6.13. The van der Waals surface area contributed by atoms with Gasteiger partial charge in [0.05, 0.1) is 6.04 Å². The van der Waals surface area contributed by atoms with Crippen molar-refractivity contribution in [2.24, 2.45) is 5.92 Å². The Balaban J connectivity index is 1.76. The Morgan fingerprint density at radius 2 is 2.04 bits per heavy atom. The first-order chi connectivity index (χ1) is 10.9. The van der Waals surface area contributed by atoms with Crippen molar-refractivity contribution in [1.82, 2.24) is 10.2 Å². The number of nitrogens with zero attached hydrogens (tertiary/aromatic N) is 1. The molecule has 1 heterocycles. The Bertz CT molecular complexity index is 542. The number of likely N-dealkylation sites (tertiary alicyclic amines) is 1. The van der Waals surface area contributed by atoms with E-state index in [2.05, 4.69) is 19.2 Å². The van der Waals surface area contributed by atoms with Crippen LogP contribution in [0.1, 0.15) is 38.7 Å². The minimum atomic E-state index is -0.254. The zero-order chi connectivity index (χ0) is 16.8. The van der Waals surface area contributed by atoms with E-state index in [9.17, 15) is 14.0 Å². The number of rotatable bonds is 7. The summed E-state index contributed by atoms with van der Waals surface area (Å²) >= 11 is 0. The van der Waals surface area contributed by atoms with Crippen LogP contribution in [0.5, 0.6) is 0 Å². The summed E-state index contributed by atoms with van der Waals surface area (Å²) < 4.78 is 12.9. The number of hydrogen-bond acceptors (Lipinski definition) is 2. The van der Waals surface area contributed by atoms with E-state index in [1.165, 1.54) is 12.1 Å². The molecule has 1 aromatic rings. The van der Waals surface area contributed by atoms with Gasteiger partial charge in [-0.05, 0) is 36.5 Å². The molecular formula is C18H25FN2O2. The normalized spacial score (nSPS) is 17.8. The summed E-state index contributed by atoms with van der Waals surface area (Å²) in [4.78, 5) is 25.6. The number of hydrogen-bond donors (Lipinski definition) is 1. The third kappa shape index (κ3) is 5.66. The van der Waals surface area contributed by atoms with Gasteiger partial charge in [-0.3, -0.25) is 9.59 Å². The topological polar surface area (TPSA) is 49.4 Å². The fourth-order valence-corrected chi connectivity index (χ4v) is 2.72. The summed E-state index contributed by atoms with van der Waals surface area (Å²) in [5.74, 6) is 0.339. The number of benzene rings is 1. The van der Waals surface area contributed by atoms with Gasteiger partial charge >= 0.3 is 0 Å². The lowest BCUT2D eigenvalue weighted by molar-refractivity contribution is -0.127. The van der Waals surface area contributed by atoms with Gasteiger partial charge in [-0.15, -0.1) is 0 Å². The highest BCUT2D eigenvalue weighted by molar-refractivity contribution is 5.82. The monoisotopic (exact) mass is 320 g/mol. The van der Waals surface area contributed by atoms with Gasteiger partial charge in [0.1, 0.15) is 5.82 Å². The standard InChI is InChI=1S/C18H25FN2O2/c1-13(2)3-8-17(22)20-16-11-18(23)21(12-16)10-9-14-4-6-15(19)7-5-14/h4-7,13,16H,3,8-12H2,1-2H3,(H,20,22). The maximum atomic E-state index is 12.9. The number of carbonyl (C=O) groups is 2. The second-order valence-electron chi connectivity index (χ2n) is 6.62. The van der Waals surface area contributed by atoms with Crippen LogP contribution in [0.3, 0.4) is 0 Å². The van der Waals surface area contributed by atoms with Crippen LogP contribution in [0.25, 0.3) is 0 Å². The van der Waals surface area contributed by atoms with Crippen molar-refractivity contribution in [2.45, 2.75) is 45.6 Å². The molecule has 0 radical (unpaired) electrons. The summed E-state index contributed by atoms with van der Waals surface area (Å²) in [6.07, 6.45) is 2.44. The summed E-state index contributed by atoms with van der Waals surface area (Å²) in [7, 11) is 0. The summed E-state index contributed by atoms with van der Waals surface area (Å²) in [6, 6.07) is 6.25. The Morgan fingerprint density at radius 1 is 1.35 bits per heavy atom. The molecule has 0 spiro atoms. The highest BCUT2D eigenvalue weighted by atomic mass is 19.1. The van der Waals surface area contributed by atoms with E-state index in [1.54, 1.807) is 17.0 Å². The molecule has 1 aliphatic heterocycles. The van der Waals surface area contributed by atoms with Gasteiger partial charge < -0.3 is 10.2 Å². The predicted molar refractivity (Wildman–Crippen MR) is 87.3 cm³/mol. The number of nitrogens with one attached hydrogen (secondary N) is 1. The van der Waals surface area contributed by atoms with E-state index in [-0.39, 0.29) is 23.7 Å². The zero-order valence-electron chi connectivity index (χ0n) is 13.8. The lowest BCUT2D eigenvalue weighted by Gasteiger charge is -2.17. The van der Waals surface area contributed by atoms with E-state index in [4.69, 9.17) is 0 Å². The molecule has 0 saturated carbocycles. The minimum absolute atomic E-state index is 0.0249. The van der Waals surface area contributed by atoms with Crippen LogP contribution >= 0.6 is 0 Å². The summed E-state index contributed by atoms with van der Waals surface area (Å²) in [5, 5.41) is 2.95. The van der Waals surface area contributed by atoms with Crippen molar-refractivity contribution in [2.75, 3.05) is 13.1 Å². The van der Waals surface area contributed by atoms with Crippen molar-refractivity contribution in [3.63, 3.8) is 0 Å². The maximum Gasteiger partial charge on any atom is 0.224 e. The van der Waals surface area contributed by atoms with E-state index in [0.717, 1.165) is 12.0 Å². The molecule has 0 bridgehead atoms. The van der Waals surface area contributed by atoms with Gasteiger partial charge in [-0.2, -0.15) is 0 Å². The molecule has 23 heavy (non-hydrogen) atoms. The SMILES string of the molecule is CC(C)CCC(=O)NC1CC(=O)N(CCc2ccc(F)cc2)C1. The van der Waals surface area contributed by atoms with Crippen LogP contribution in [0.4, 0.5) is 4.39 Å². The first-order valence-electron chi connectivity index (χ1n) is 8.25. The molecule has 1 fully saturated rings. The van der Waals surface area contributed by atoms with E-state index < -0.39 is 0 Å². The molecule has 1 atom stereocenters. The number of halogens is 1. The average Bonchev–Trinajstić information content (AvgIpc) is 2.84. The highest BCUT2D eigenvalue weighted by Gasteiger charge is 2.30. The van der Waals surface area contributed by atoms with Crippen molar-refractivity contribution in [3.8, 4) is 0 Å². The van der Waals surface area contributed by atoms with Crippen molar-refractivity contribution in [1.29, 1.82) is 0 Å². The van der Waals surface area contributed by atoms with E-state index in [0.29, 0.717) is 38.3 Å². The molecule has 2 amide bonds. The molecule has 4 nitrogen and oxygen atoms in total. The van der Waals surface area contributed by atoms with Gasteiger partial charge in [0.15, 0.2) is 0 Å². The third-order valence-electron chi connectivity index (χ3n) is 4.11. The molecule has 1 aliphatic rings. The lowest BCUT2D eigenvalue weighted by Crippen LogP contribution is -2.37. The van der Waals surface area contributed by atoms with Crippen molar-refractivity contribution < 1.29 is 14.0 Å². The largest absolute Gasteiger partial charge is 0.351 e. The first kappa shape index (κ1) is 17.4. The summed E-state index contributed by atoms with van der Waals surface area (Å²) in [5.41, 5.74) is 1.00. The lowest BCUT2D eigenvalue weighted by atomic mass is 10.1. The Labute approximate surface area is 137 Å². The second kappa shape index (κ2) is 8.09. The van der Waals surface area contributed by atoms with Crippen LogP contribution in [-0.4, -0.2) is 35.8 Å². The van der Waals surface area contributed by atoms with Crippen LogP contribution in [-0.2, 0) is 16.0 Å². The molecule has 0 aliphatic carbocycles. The van der Waals surface area contributed by atoms with Gasteiger partial charge in [0.25, 0.3) is 0 Å². The van der Waals surface area contributed by atoms with Gasteiger partial charge in [-0.1, -0.05) is 26.0 Å². The predicted octanol–water partition coefficient (Wildman–Crippen LogP) is 2.52. The fourth-order valence-electron chi connectivity index (χ4n) is 2.72.